The van der Waals surface area contributed by atoms with Crippen LogP contribution in [0.1, 0.15) is 47.9 Å². The van der Waals surface area contributed by atoms with Gasteiger partial charge in [0, 0.05) is 25.4 Å². The van der Waals surface area contributed by atoms with E-state index in [-0.39, 0.29) is 49.8 Å². The second kappa shape index (κ2) is 10.7. The molecule has 2 fully saturated rings. The SMILES string of the molecule is COc1cc(CN(Cc2cc(C(F)(F)F)cc(C(F)(F)F)c2)C(=O)C2(CC3CC3(F)F)CCNCC2)ccc1O. The molecule has 1 unspecified atom stereocenters. The van der Waals surface area contributed by atoms with Gasteiger partial charge in [-0.15, -0.1) is 0 Å². The van der Waals surface area contributed by atoms with Gasteiger partial charge in [-0.3, -0.25) is 4.79 Å². The van der Waals surface area contributed by atoms with E-state index in [0.717, 1.165) is 4.90 Å². The van der Waals surface area contributed by atoms with Crippen LogP contribution in [0.25, 0.3) is 0 Å². The normalized spacial score (nSPS) is 20.2. The summed E-state index contributed by atoms with van der Waals surface area (Å²) in [6, 6.07) is 5.19. The van der Waals surface area contributed by atoms with E-state index in [0.29, 0.717) is 30.8 Å². The molecule has 2 aliphatic rings. The van der Waals surface area contributed by atoms with Gasteiger partial charge in [-0.05, 0) is 73.8 Å². The van der Waals surface area contributed by atoms with Crippen LogP contribution >= 0.6 is 0 Å². The van der Waals surface area contributed by atoms with Gasteiger partial charge in [0.1, 0.15) is 0 Å². The summed E-state index contributed by atoms with van der Waals surface area (Å²) < 4.78 is 114. The van der Waals surface area contributed by atoms with Gasteiger partial charge in [-0.1, -0.05) is 6.07 Å². The van der Waals surface area contributed by atoms with Crippen LogP contribution in [0.2, 0.25) is 0 Å². The first-order valence-corrected chi connectivity index (χ1v) is 12.6. The van der Waals surface area contributed by atoms with Crippen LogP contribution in [0.15, 0.2) is 36.4 Å². The minimum atomic E-state index is -5.08. The van der Waals surface area contributed by atoms with Crippen molar-refractivity contribution in [2.45, 2.75) is 57.0 Å². The van der Waals surface area contributed by atoms with E-state index < -0.39 is 58.8 Å². The van der Waals surface area contributed by atoms with Crippen LogP contribution < -0.4 is 10.1 Å². The van der Waals surface area contributed by atoms with E-state index in [1.165, 1.54) is 25.3 Å². The average molecular weight is 581 g/mol. The number of carbonyl (C=O) groups is 1. The predicted molar refractivity (Wildman–Crippen MR) is 128 cm³/mol. The van der Waals surface area contributed by atoms with Crippen molar-refractivity contribution in [3.05, 3.63) is 58.7 Å². The van der Waals surface area contributed by atoms with Crippen molar-refractivity contribution in [1.82, 2.24) is 10.2 Å². The molecular formula is C27H28F8N2O3. The predicted octanol–water partition coefficient (Wildman–Crippen LogP) is 6.38. The number of benzene rings is 2. The Balaban J connectivity index is 1.75. The number of hydrogen-bond acceptors (Lipinski definition) is 4. The molecule has 0 bridgehead atoms. The van der Waals surface area contributed by atoms with Crippen molar-refractivity contribution < 1.29 is 49.8 Å². The molecule has 1 saturated carbocycles. The monoisotopic (exact) mass is 580 g/mol. The number of halogens is 8. The van der Waals surface area contributed by atoms with Crippen LogP contribution in [-0.2, 0) is 30.2 Å². The number of nitrogens with one attached hydrogen (secondary N) is 1. The molecule has 5 nitrogen and oxygen atoms in total. The highest BCUT2D eigenvalue weighted by Crippen LogP contribution is 2.56. The molecule has 220 valence electrons. The molecule has 1 heterocycles. The molecule has 1 atom stereocenters. The van der Waals surface area contributed by atoms with Gasteiger partial charge in [0.15, 0.2) is 11.5 Å². The lowest BCUT2D eigenvalue weighted by molar-refractivity contribution is -0.146. The van der Waals surface area contributed by atoms with Crippen molar-refractivity contribution in [3.8, 4) is 11.5 Å². The number of rotatable bonds is 8. The van der Waals surface area contributed by atoms with E-state index in [2.05, 4.69) is 5.32 Å². The molecule has 2 aromatic carbocycles. The van der Waals surface area contributed by atoms with E-state index >= 15 is 0 Å². The van der Waals surface area contributed by atoms with Gasteiger partial charge in [0.25, 0.3) is 5.92 Å². The molecule has 0 radical (unpaired) electrons. The van der Waals surface area contributed by atoms with E-state index in [4.69, 9.17) is 4.74 Å². The number of nitrogens with zero attached hydrogens (tertiary/aromatic N) is 1. The summed E-state index contributed by atoms with van der Waals surface area (Å²) in [4.78, 5) is 15.2. The standard InChI is InChI=1S/C27H28F8N2O3/c1-40-22-10-16(2-3-21(22)38)14-37(15-17-8-18(26(30,31)32)11-19(9-17)27(33,34)35)23(39)24(4-6-36-7-5-24)12-20-13-25(20,28)29/h2-3,8-11,20,36,38H,4-7,12-15H2,1H3. The lowest BCUT2D eigenvalue weighted by Crippen LogP contribution is -2.49. The number of phenols is 1. The number of amides is 1. The topological polar surface area (TPSA) is 61.8 Å². The quantitative estimate of drug-likeness (QED) is 0.356. The van der Waals surface area contributed by atoms with Crippen LogP contribution in [-0.4, -0.2) is 42.0 Å². The minimum Gasteiger partial charge on any atom is -0.504 e. The second-order valence-corrected chi connectivity index (χ2v) is 10.5. The minimum absolute atomic E-state index is 0.00394. The number of phenolic OH excluding ortho intramolecular Hbond substituents is 1. The number of alkyl halides is 8. The first kappa shape index (κ1) is 29.9. The Labute approximate surface area is 225 Å². The molecular weight excluding hydrogens is 552 g/mol. The Kier molecular flexibility index (Phi) is 8.00. The summed E-state index contributed by atoms with van der Waals surface area (Å²) in [5.41, 5.74) is -4.37. The Hall–Kier alpha value is -3.09. The molecule has 40 heavy (non-hydrogen) atoms. The van der Waals surface area contributed by atoms with E-state index in [1.54, 1.807) is 0 Å². The van der Waals surface area contributed by atoms with Crippen molar-refractivity contribution in [1.29, 1.82) is 0 Å². The fraction of sp³-hybridized carbons (Fsp3) is 0.519. The zero-order valence-electron chi connectivity index (χ0n) is 21.4. The van der Waals surface area contributed by atoms with Gasteiger partial charge >= 0.3 is 12.4 Å². The van der Waals surface area contributed by atoms with Crippen molar-refractivity contribution >= 4 is 5.91 Å². The second-order valence-electron chi connectivity index (χ2n) is 10.5. The number of aromatic hydroxyl groups is 1. The van der Waals surface area contributed by atoms with Gasteiger partial charge in [0.2, 0.25) is 5.91 Å². The zero-order chi connectivity index (χ0) is 29.5. The maximum absolute atomic E-state index is 14.1. The molecule has 0 spiro atoms. The lowest BCUT2D eigenvalue weighted by Gasteiger charge is -2.40. The van der Waals surface area contributed by atoms with E-state index in [9.17, 15) is 45.0 Å². The number of ether oxygens (including phenoxy) is 1. The molecule has 1 saturated heterocycles. The molecule has 0 aromatic heterocycles. The first-order valence-electron chi connectivity index (χ1n) is 12.6. The van der Waals surface area contributed by atoms with Crippen molar-refractivity contribution in [2.24, 2.45) is 11.3 Å². The largest absolute Gasteiger partial charge is 0.504 e. The molecule has 2 N–H and O–H groups in total. The molecule has 4 rings (SSSR count). The molecule has 1 aliphatic heterocycles. The third-order valence-corrected chi connectivity index (χ3v) is 7.53. The maximum Gasteiger partial charge on any atom is 0.416 e. The lowest BCUT2D eigenvalue weighted by atomic mass is 9.73. The summed E-state index contributed by atoms with van der Waals surface area (Å²) in [5, 5.41) is 13.0. The fourth-order valence-corrected chi connectivity index (χ4v) is 5.28. The summed E-state index contributed by atoms with van der Waals surface area (Å²) in [5.74, 6) is -4.76. The Bertz CT molecular complexity index is 1210. The number of carbonyl (C=O) groups excluding carboxylic acids is 1. The summed E-state index contributed by atoms with van der Waals surface area (Å²) in [6.07, 6.45) is -10.3. The third kappa shape index (κ3) is 6.61. The molecule has 2 aromatic rings. The summed E-state index contributed by atoms with van der Waals surface area (Å²) >= 11 is 0. The average Bonchev–Trinajstić information content (AvgIpc) is 3.48. The summed E-state index contributed by atoms with van der Waals surface area (Å²) in [6.45, 7) is -0.228. The Morgan fingerprint density at radius 1 is 0.975 bits per heavy atom. The number of methoxy groups -OCH3 is 1. The van der Waals surface area contributed by atoms with Crippen molar-refractivity contribution in [3.63, 3.8) is 0 Å². The van der Waals surface area contributed by atoms with Crippen LogP contribution in [0.3, 0.4) is 0 Å². The van der Waals surface area contributed by atoms with Crippen LogP contribution in [0.5, 0.6) is 11.5 Å². The highest BCUT2D eigenvalue weighted by atomic mass is 19.4. The molecule has 13 heteroatoms. The van der Waals surface area contributed by atoms with Gasteiger partial charge in [0.05, 0.1) is 23.7 Å². The number of hydrogen-bond donors (Lipinski definition) is 2. The first-order chi connectivity index (χ1) is 18.5. The van der Waals surface area contributed by atoms with Gasteiger partial charge in [-0.2, -0.15) is 26.3 Å². The number of piperidine rings is 1. The smallest absolute Gasteiger partial charge is 0.416 e. The Morgan fingerprint density at radius 2 is 1.52 bits per heavy atom. The maximum atomic E-state index is 14.1. The highest BCUT2D eigenvalue weighted by molar-refractivity contribution is 5.83. The van der Waals surface area contributed by atoms with Crippen LogP contribution in [0.4, 0.5) is 35.1 Å². The zero-order valence-corrected chi connectivity index (χ0v) is 21.4. The van der Waals surface area contributed by atoms with Gasteiger partial charge < -0.3 is 20.1 Å². The molecule has 1 aliphatic carbocycles. The van der Waals surface area contributed by atoms with Gasteiger partial charge in [-0.25, -0.2) is 8.78 Å². The van der Waals surface area contributed by atoms with E-state index in [1.807, 2.05) is 0 Å². The van der Waals surface area contributed by atoms with Crippen molar-refractivity contribution in [2.75, 3.05) is 20.2 Å². The highest BCUT2D eigenvalue weighted by Gasteiger charge is 2.60. The summed E-state index contributed by atoms with van der Waals surface area (Å²) in [7, 11) is 1.28. The Morgan fingerprint density at radius 3 is 2.02 bits per heavy atom. The molecule has 1 amide bonds. The third-order valence-electron chi connectivity index (χ3n) is 7.53. The van der Waals surface area contributed by atoms with Crippen LogP contribution in [0, 0.1) is 11.3 Å². The fourth-order valence-electron chi connectivity index (χ4n) is 5.28.